The molecule has 1 fully saturated rings. The van der Waals surface area contributed by atoms with E-state index in [2.05, 4.69) is 12.2 Å². The van der Waals surface area contributed by atoms with Gasteiger partial charge in [-0.3, -0.25) is 0 Å². The molecule has 0 aliphatic carbocycles. The van der Waals surface area contributed by atoms with E-state index in [0.29, 0.717) is 18.0 Å². The minimum absolute atomic E-state index is 0.409. The van der Waals surface area contributed by atoms with Gasteiger partial charge in [-0.2, -0.15) is 0 Å². The predicted octanol–water partition coefficient (Wildman–Crippen LogP) is 3.26. The van der Waals surface area contributed by atoms with E-state index in [9.17, 15) is 5.11 Å². The summed E-state index contributed by atoms with van der Waals surface area (Å²) in [6, 6.07) is 2.94. The first-order valence-corrected chi connectivity index (χ1v) is 6.96. The Morgan fingerprint density at radius 3 is 2.83 bits per heavy atom. The van der Waals surface area contributed by atoms with Crippen LogP contribution in [0.3, 0.4) is 0 Å². The molecule has 1 saturated heterocycles. The minimum atomic E-state index is -0.565. The Bertz CT molecular complexity index is 353. The zero-order valence-corrected chi connectivity index (χ0v) is 11.6. The normalized spacial score (nSPS) is 29.4. The van der Waals surface area contributed by atoms with Gasteiger partial charge in [-0.25, -0.2) is 0 Å². The number of furan rings is 1. The summed E-state index contributed by atoms with van der Waals surface area (Å²) in [5, 5.41) is 13.5. The maximum Gasteiger partial charge on any atom is 0.0950 e. The van der Waals surface area contributed by atoms with Gasteiger partial charge in [-0.15, -0.1) is 0 Å². The Hall–Kier alpha value is -0.800. The minimum Gasteiger partial charge on any atom is -0.472 e. The van der Waals surface area contributed by atoms with Gasteiger partial charge >= 0.3 is 0 Å². The SMILES string of the molecule is C[C@@H]1CCC(c2ccoc2)NC1CCC(C)(C)O. The van der Waals surface area contributed by atoms with Gasteiger partial charge in [0.15, 0.2) is 0 Å². The summed E-state index contributed by atoms with van der Waals surface area (Å²) in [6.45, 7) is 6.07. The van der Waals surface area contributed by atoms with E-state index in [1.807, 2.05) is 26.2 Å². The van der Waals surface area contributed by atoms with Crippen LogP contribution in [0.15, 0.2) is 23.0 Å². The number of piperidine rings is 1. The molecule has 2 rings (SSSR count). The van der Waals surface area contributed by atoms with Crippen LogP contribution in [0.4, 0.5) is 0 Å². The highest BCUT2D eigenvalue weighted by atomic mass is 16.3. The number of hydrogen-bond acceptors (Lipinski definition) is 3. The highest BCUT2D eigenvalue weighted by molar-refractivity contribution is 5.13. The Labute approximate surface area is 110 Å². The average molecular weight is 251 g/mol. The van der Waals surface area contributed by atoms with Crippen LogP contribution in [-0.4, -0.2) is 16.7 Å². The number of nitrogens with one attached hydrogen (secondary N) is 1. The van der Waals surface area contributed by atoms with E-state index >= 15 is 0 Å². The molecule has 1 aliphatic rings. The van der Waals surface area contributed by atoms with Gasteiger partial charge < -0.3 is 14.8 Å². The van der Waals surface area contributed by atoms with Crippen molar-refractivity contribution in [1.82, 2.24) is 5.32 Å². The molecule has 1 aromatic rings. The molecule has 0 saturated carbocycles. The zero-order valence-electron chi connectivity index (χ0n) is 11.6. The molecule has 0 radical (unpaired) electrons. The first-order valence-electron chi connectivity index (χ1n) is 6.96. The van der Waals surface area contributed by atoms with E-state index in [1.165, 1.54) is 18.4 Å². The van der Waals surface area contributed by atoms with E-state index in [1.54, 1.807) is 6.26 Å². The van der Waals surface area contributed by atoms with Crippen molar-refractivity contribution in [1.29, 1.82) is 0 Å². The van der Waals surface area contributed by atoms with Crippen molar-refractivity contribution in [2.24, 2.45) is 5.92 Å². The van der Waals surface area contributed by atoms with Gasteiger partial charge in [-0.1, -0.05) is 6.92 Å². The Morgan fingerprint density at radius 2 is 2.22 bits per heavy atom. The quantitative estimate of drug-likeness (QED) is 0.863. The van der Waals surface area contributed by atoms with E-state index in [0.717, 1.165) is 12.8 Å². The lowest BCUT2D eigenvalue weighted by Crippen LogP contribution is -2.43. The van der Waals surface area contributed by atoms with Crippen LogP contribution in [-0.2, 0) is 0 Å². The largest absolute Gasteiger partial charge is 0.472 e. The van der Waals surface area contributed by atoms with Crippen molar-refractivity contribution in [3.63, 3.8) is 0 Å². The van der Waals surface area contributed by atoms with Gasteiger partial charge in [0.2, 0.25) is 0 Å². The molecule has 0 spiro atoms. The molecule has 3 nitrogen and oxygen atoms in total. The van der Waals surface area contributed by atoms with Gasteiger partial charge in [0.1, 0.15) is 0 Å². The fraction of sp³-hybridized carbons (Fsp3) is 0.733. The van der Waals surface area contributed by atoms with Crippen molar-refractivity contribution in [3.05, 3.63) is 24.2 Å². The molecule has 0 bridgehead atoms. The smallest absolute Gasteiger partial charge is 0.0950 e. The topological polar surface area (TPSA) is 45.4 Å². The van der Waals surface area contributed by atoms with Crippen LogP contribution >= 0.6 is 0 Å². The van der Waals surface area contributed by atoms with Crippen LogP contribution in [0.25, 0.3) is 0 Å². The first-order chi connectivity index (χ1) is 8.46. The molecule has 102 valence electrons. The summed E-state index contributed by atoms with van der Waals surface area (Å²) in [6.07, 6.45) is 7.84. The third kappa shape index (κ3) is 3.59. The molecule has 3 heteroatoms. The zero-order chi connectivity index (χ0) is 13.2. The number of aliphatic hydroxyl groups is 1. The molecule has 3 atom stereocenters. The van der Waals surface area contributed by atoms with Crippen molar-refractivity contribution in [2.75, 3.05) is 0 Å². The van der Waals surface area contributed by atoms with E-state index in [4.69, 9.17) is 4.42 Å². The van der Waals surface area contributed by atoms with Crippen LogP contribution < -0.4 is 5.32 Å². The summed E-state index contributed by atoms with van der Waals surface area (Å²) < 4.78 is 5.16. The molecule has 0 amide bonds. The fourth-order valence-electron chi connectivity index (χ4n) is 2.75. The summed E-state index contributed by atoms with van der Waals surface area (Å²) in [4.78, 5) is 0. The molecule has 0 aromatic carbocycles. The van der Waals surface area contributed by atoms with Crippen molar-refractivity contribution < 1.29 is 9.52 Å². The Balaban J connectivity index is 1.93. The number of hydrogen-bond donors (Lipinski definition) is 2. The second kappa shape index (κ2) is 5.45. The molecule has 1 aromatic heterocycles. The van der Waals surface area contributed by atoms with Crippen LogP contribution in [0.2, 0.25) is 0 Å². The molecule has 2 unspecified atom stereocenters. The molecule has 18 heavy (non-hydrogen) atoms. The lowest BCUT2D eigenvalue weighted by atomic mass is 9.83. The Kier molecular flexibility index (Phi) is 4.13. The van der Waals surface area contributed by atoms with Crippen molar-refractivity contribution >= 4 is 0 Å². The van der Waals surface area contributed by atoms with Crippen LogP contribution in [0, 0.1) is 5.92 Å². The van der Waals surface area contributed by atoms with E-state index < -0.39 is 5.60 Å². The maximum absolute atomic E-state index is 9.84. The Morgan fingerprint density at radius 1 is 1.44 bits per heavy atom. The predicted molar refractivity (Wildman–Crippen MR) is 72.3 cm³/mol. The first kappa shape index (κ1) is 13.6. The lowest BCUT2D eigenvalue weighted by molar-refractivity contribution is 0.0598. The summed E-state index contributed by atoms with van der Waals surface area (Å²) in [5.74, 6) is 0.676. The van der Waals surface area contributed by atoms with Crippen LogP contribution in [0.5, 0.6) is 0 Å². The van der Waals surface area contributed by atoms with E-state index in [-0.39, 0.29) is 0 Å². The lowest BCUT2D eigenvalue weighted by Gasteiger charge is -2.36. The monoisotopic (exact) mass is 251 g/mol. The summed E-state index contributed by atoms with van der Waals surface area (Å²) in [7, 11) is 0. The fourth-order valence-corrected chi connectivity index (χ4v) is 2.75. The standard InChI is InChI=1S/C15H25NO2/c1-11-4-5-14(12-7-9-18-10-12)16-13(11)6-8-15(2,3)17/h7,9-11,13-14,16-17H,4-6,8H2,1-3H3/t11-,13?,14?/m1/s1. The highest BCUT2D eigenvalue weighted by Gasteiger charge is 2.29. The summed E-state index contributed by atoms with van der Waals surface area (Å²) >= 11 is 0. The second-order valence-electron chi connectivity index (χ2n) is 6.29. The molecule has 2 heterocycles. The van der Waals surface area contributed by atoms with Gasteiger partial charge in [0, 0.05) is 17.6 Å². The van der Waals surface area contributed by atoms with Crippen molar-refractivity contribution in [2.45, 2.75) is 64.1 Å². The average Bonchev–Trinajstić information content (AvgIpc) is 2.80. The van der Waals surface area contributed by atoms with Gasteiger partial charge in [0.05, 0.1) is 18.1 Å². The van der Waals surface area contributed by atoms with Crippen molar-refractivity contribution in [3.8, 4) is 0 Å². The molecule has 2 N–H and O–H groups in total. The second-order valence-corrected chi connectivity index (χ2v) is 6.29. The third-order valence-corrected chi connectivity index (χ3v) is 4.03. The van der Waals surface area contributed by atoms with Gasteiger partial charge in [0.25, 0.3) is 0 Å². The molecular formula is C15H25NO2. The highest BCUT2D eigenvalue weighted by Crippen LogP contribution is 2.31. The summed E-state index contributed by atoms with van der Waals surface area (Å²) in [5.41, 5.74) is 0.680. The molecular weight excluding hydrogens is 226 g/mol. The number of rotatable bonds is 4. The third-order valence-electron chi connectivity index (χ3n) is 4.03. The maximum atomic E-state index is 9.84. The van der Waals surface area contributed by atoms with Gasteiger partial charge in [-0.05, 0) is 51.5 Å². The molecule has 1 aliphatic heterocycles. The van der Waals surface area contributed by atoms with Crippen LogP contribution in [0.1, 0.15) is 58.1 Å².